The topological polar surface area (TPSA) is 51.0 Å². The Morgan fingerprint density at radius 1 is 1.10 bits per heavy atom. The van der Waals surface area contributed by atoms with Gasteiger partial charge in [-0.05, 0) is 26.3 Å². The molecule has 2 aromatic rings. The molecule has 2 rings (SSSR count). The summed E-state index contributed by atoms with van der Waals surface area (Å²) in [6.45, 7) is 11.4. The molecule has 1 atom stereocenters. The summed E-state index contributed by atoms with van der Waals surface area (Å²) in [7, 11) is 0. The molecule has 4 heteroatoms. The van der Waals surface area contributed by atoms with Crippen molar-refractivity contribution < 1.29 is 4.52 Å². The van der Waals surface area contributed by atoms with Crippen molar-refractivity contribution in [3.8, 4) is 0 Å². The highest BCUT2D eigenvalue weighted by Gasteiger charge is 2.10. The second-order valence-corrected chi connectivity index (χ2v) is 6.05. The fourth-order valence-corrected chi connectivity index (χ4v) is 2.38. The minimum Gasteiger partial charge on any atom is -0.339 e. The summed E-state index contributed by atoms with van der Waals surface area (Å²) in [4.78, 5) is 4.39. The van der Waals surface area contributed by atoms with Crippen LogP contribution in [0, 0.1) is 13.8 Å². The van der Waals surface area contributed by atoms with Gasteiger partial charge in [0.2, 0.25) is 5.89 Å². The molecular formula is C17H25N3O. The number of aryl methyl sites for hydroxylation is 2. The number of hydrogen-bond acceptors (Lipinski definition) is 4. The van der Waals surface area contributed by atoms with Crippen LogP contribution in [-0.4, -0.2) is 16.7 Å². The Balaban J connectivity index is 1.87. The Hall–Kier alpha value is -1.68. The lowest BCUT2D eigenvalue weighted by Gasteiger charge is -2.15. The quantitative estimate of drug-likeness (QED) is 0.880. The predicted molar refractivity (Wildman–Crippen MR) is 84.4 cm³/mol. The third-order valence-electron chi connectivity index (χ3n) is 3.53. The molecule has 0 aliphatic heterocycles. The van der Waals surface area contributed by atoms with E-state index in [0.717, 1.165) is 18.8 Å². The van der Waals surface area contributed by atoms with E-state index in [0.29, 0.717) is 17.9 Å². The fourth-order valence-electron chi connectivity index (χ4n) is 2.38. The first-order chi connectivity index (χ1) is 9.95. The van der Waals surface area contributed by atoms with Gasteiger partial charge in [-0.1, -0.05) is 48.3 Å². The number of rotatable bonds is 6. The Morgan fingerprint density at radius 3 is 2.33 bits per heavy atom. The third-order valence-corrected chi connectivity index (χ3v) is 3.53. The molecule has 114 valence electrons. The molecule has 0 saturated carbocycles. The monoisotopic (exact) mass is 287 g/mol. The van der Waals surface area contributed by atoms with Crippen LogP contribution in [0.3, 0.4) is 0 Å². The highest BCUT2D eigenvalue weighted by Crippen LogP contribution is 2.16. The molecule has 4 nitrogen and oxygen atoms in total. The van der Waals surface area contributed by atoms with E-state index in [1.165, 1.54) is 16.7 Å². The van der Waals surface area contributed by atoms with E-state index in [1.807, 2.05) is 0 Å². The summed E-state index contributed by atoms with van der Waals surface area (Å²) in [6, 6.07) is 6.97. The summed E-state index contributed by atoms with van der Waals surface area (Å²) in [5.41, 5.74) is 3.93. The summed E-state index contributed by atoms with van der Waals surface area (Å²) < 4.78 is 5.25. The van der Waals surface area contributed by atoms with Gasteiger partial charge in [-0.25, -0.2) is 0 Å². The highest BCUT2D eigenvalue weighted by molar-refractivity contribution is 5.30. The molecule has 0 saturated heterocycles. The highest BCUT2D eigenvalue weighted by atomic mass is 16.5. The van der Waals surface area contributed by atoms with Crippen LogP contribution in [0.15, 0.2) is 22.7 Å². The van der Waals surface area contributed by atoms with Crippen molar-refractivity contribution in [1.82, 2.24) is 15.5 Å². The van der Waals surface area contributed by atoms with Crippen LogP contribution >= 0.6 is 0 Å². The van der Waals surface area contributed by atoms with Gasteiger partial charge in [-0.3, -0.25) is 0 Å². The molecule has 1 unspecified atom stereocenters. The molecule has 1 aromatic heterocycles. The first kappa shape index (κ1) is 15.7. The average molecular weight is 287 g/mol. The SMILES string of the molecule is Cc1cc(C)cc(C(C)NCCc2nc(C(C)C)no2)c1. The maximum Gasteiger partial charge on any atom is 0.227 e. The third kappa shape index (κ3) is 4.39. The molecule has 0 aliphatic rings. The van der Waals surface area contributed by atoms with Crippen molar-refractivity contribution in [1.29, 1.82) is 0 Å². The molecule has 1 heterocycles. The van der Waals surface area contributed by atoms with Gasteiger partial charge >= 0.3 is 0 Å². The van der Waals surface area contributed by atoms with Crippen LogP contribution in [-0.2, 0) is 6.42 Å². The van der Waals surface area contributed by atoms with Crippen LogP contribution < -0.4 is 5.32 Å². The van der Waals surface area contributed by atoms with Crippen LogP contribution in [0.25, 0.3) is 0 Å². The summed E-state index contributed by atoms with van der Waals surface area (Å²) in [5, 5.41) is 7.49. The van der Waals surface area contributed by atoms with Gasteiger partial charge in [-0.2, -0.15) is 4.98 Å². The van der Waals surface area contributed by atoms with E-state index in [-0.39, 0.29) is 0 Å². The molecule has 0 spiro atoms. The van der Waals surface area contributed by atoms with Crippen molar-refractivity contribution in [2.45, 2.75) is 53.0 Å². The number of aromatic nitrogens is 2. The lowest BCUT2D eigenvalue weighted by molar-refractivity contribution is 0.367. The predicted octanol–water partition coefficient (Wildman–Crippen LogP) is 3.70. The maximum absolute atomic E-state index is 5.25. The molecule has 21 heavy (non-hydrogen) atoms. The Morgan fingerprint density at radius 2 is 1.76 bits per heavy atom. The smallest absolute Gasteiger partial charge is 0.227 e. The molecule has 0 amide bonds. The Kier molecular flexibility index (Phi) is 5.12. The van der Waals surface area contributed by atoms with Gasteiger partial charge in [-0.15, -0.1) is 0 Å². The van der Waals surface area contributed by atoms with Crippen molar-refractivity contribution in [2.75, 3.05) is 6.54 Å². The van der Waals surface area contributed by atoms with E-state index in [9.17, 15) is 0 Å². The summed E-state index contributed by atoms with van der Waals surface area (Å²) in [6.07, 6.45) is 0.759. The van der Waals surface area contributed by atoms with Gasteiger partial charge in [0, 0.05) is 24.9 Å². The van der Waals surface area contributed by atoms with Crippen LogP contribution in [0.4, 0.5) is 0 Å². The van der Waals surface area contributed by atoms with E-state index >= 15 is 0 Å². The zero-order valence-electron chi connectivity index (χ0n) is 13.6. The molecule has 0 fully saturated rings. The van der Waals surface area contributed by atoms with Gasteiger partial charge in [0.05, 0.1) is 0 Å². The fraction of sp³-hybridized carbons (Fsp3) is 0.529. The number of nitrogens with one attached hydrogen (secondary N) is 1. The lowest BCUT2D eigenvalue weighted by atomic mass is 10.0. The summed E-state index contributed by atoms with van der Waals surface area (Å²) >= 11 is 0. The number of hydrogen-bond donors (Lipinski definition) is 1. The van der Waals surface area contributed by atoms with Crippen molar-refractivity contribution in [3.63, 3.8) is 0 Å². The first-order valence-corrected chi connectivity index (χ1v) is 7.59. The zero-order valence-corrected chi connectivity index (χ0v) is 13.6. The van der Waals surface area contributed by atoms with Crippen molar-refractivity contribution >= 4 is 0 Å². The molecule has 0 bridgehead atoms. The van der Waals surface area contributed by atoms with Gasteiger partial charge < -0.3 is 9.84 Å². The first-order valence-electron chi connectivity index (χ1n) is 7.59. The minimum absolute atomic E-state index is 0.310. The molecule has 1 N–H and O–H groups in total. The largest absolute Gasteiger partial charge is 0.339 e. The van der Waals surface area contributed by atoms with Gasteiger partial charge in [0.25, 0.3) is 0 Å². The molecule has 0 radical (unpaired) electrons. The second kappa shape index (κ2) is 6.85. The van der Waals surface area contributed by atoms with Crippen LogP contribution in [0.2, 0.25) is 0 Å². The minimum atomic E-state index is 0.310. The molecule has 0 aliphatic carbocycles. The van der Waals surface area contributed by atoms with Gasteiger partial charge in [0.1, 0.15) is 0 Å². The molecular weight excluding hydrogens is 262 g/mol. The standard InChI is InChI=1S/C17H25N3O/c1-11(2)17-19-16(21-20-17)6-7-18-14(5)15-9-12(3)8-13(4)10-15/h8-11,14,18H,6-7H2,1-5H3. The van der Waals surface area contributed by atoms with E-state index in [1.54, 1.807) is 0 Å². The van der Waals surface area contributed by atoms with Crippen molar-refractivity contribution in [3.05, 3.63) is 46.6 Å². The van der Waals surface area contributed by atoms with E-state index in [2.05, 4.69) is 68.3 Å². The lowest BCUT2D eigenvalue weighted by Crippen LogP contribution is -2.21. The normalized spacial score (nSPS) is 12.9. The summed E-state index contributed by atoms with van der Waals surface area (Å²) in [5.74, 6) is 1.80. The average Bonchev–Trinajstić information content (AvgIpc) is 2.86. The van der Waals surface area contributed by atoms with E-state index in [4.69, 9.17) is 4.52 Å². The number of nitrogens with zero attached hydrogens (tertiary/aromatic N) is 2. The van der Waals surface area contributed by atoms with Gasteiger partial charge in [0.15, 0.2) is 5.82 Å². The Labute approximate surface area is 127 Å². The van der Waals surface area contributed by atoms with Crippen LogP contribution in [0.5, 0.6) is 0 Å². The zero-order chi connectivity index (χ0) is 15.4. The maximum atomic E-state index is 5.25. The van der Waals surface area contributed by atoms with E-state index < -0.39 is 0 Å². The van der Waals surface area contributed by atoms with Crippen LogP contribution in [0.1, 0.15) is 61.1 Å². The Bertz CT molecular complexity index is 569. The molecule has 1 aromatic carbocycles. The number of benzene rings is 1. The van der Waals surface area contributed by atoms with Crippen molar-refractivity contribution in [2.24, 2.45) is 0 Å². The second-order valence-electron chi connectivity index (χ2n) is 6.05.